The Hall–Kier alpha value is -1.64. The van der Waals surface area contributed by atoms with Gasteiger partial charge in [-0.2, -0.15) is 0 Å². The van der Waals surface area contributed by atoms with E-state index in [0.717, 1.165) is 37.7 Å². The second-order valence-electron chi connectivity index (χ2n) is 4.48. The van der Waals surface area contributed by atoms with Crippen LogP contribution in [0.2, 0.25) is 0 Å². The molecule has 0 spiro atoms. The van der Waals surface area contributed by atoms with E-state index in [0.29, 0.717) is 5.56 Å². The molecule has 0 saturated carbocycles. The molecule has 0 fully saturated rings. The van der Waals surface area contributed by atoms with E-state index < -0.39 is 0 Å². The minimum absolute atomic E-state index is 0.0739. The molecule has 0 heterocycles. The molecule has 0 radical (unpaired) electrons. The van der Waals surface area contributed by atoms with Crippen molar-refractivity contribution in [2.45, 2.75) is 39.5 Å². The van der Waals surface area contributed by atoms with Crippen LogP contribution in [0.25, 0.3) is 0 Å². The molecule has 1 N–H and O–H groups in total. The lowest BCUT2D eigenvalue weighted by atomic mass is 9.98. The van der Waals surface area contributed by atoms with Gasteiger partial charge in [0.2, 0.25) is 5.91 Å². The summed E-state index contributed by atoms with van der Waals surface area (Å²) in [5.41, 5.74) is 1.37. The molecular formula is C15H21NO2. The maximum absolute atomic E-state index is 12.0. The van der Waals surface area contributed by atoms with Crippen molar-refractivity contribution in [2.24, 2.45) is 5.92 Å². The van der Waals surface area contributed by atoms with Crippen LogP contribution in [0.3, 0.4) is 0 Å². The van der Waals surface area contributed by atoms with Gasteiger partial charge in [-0.25, -0.2) is 0 Å². The van der Waals surface area contributed by atoms with Crippen LogP contribution in [0.4, 0.5) is 5.69 Å². The average Bonchev–Trinajstić information content (AvgIpc) is 2.40. The van der Waals surface area contributed by atoms with E-state index in [1.54, 1.807) is 24.3 Å². The number of amides is 1. The number of carbonyl (C=O) groups is 2. The fourth-order valence-electron chi connectivity index (χ4n) is 1.86. The third kappa shape index (κ3) is 4.32. The van der Waals surface area contributed by atoms with Gasteiger partial charge < -0.3 is 5.32 Å². The number of rotatable bonds is 7. The SMILES string of the molecule is CCCCC(CC)C(=O)Nc1ccc(C=O)cc1. The van der Waals surface area contributed by atoms with Crippen molar-refractivity contribution < 1.29 is 9.59 Å². The minimum atomic E-state index is 0.0739. The first kappa shape index (κ1) is 14.4. The molecular weight excluding hydrogens is 226 g/mol. The standard InChI is InChI=1S/C15H21NO2/c1-3-5-6-13(4-2)15(18)16-14-9-7-12(11-17)8-10-14/h7-11,13H,3-6H2,1-2H3,(H,16,18). The topological polar surface area (TPSA) is 46.2 Å². The molecule has 0 aliphatic carbocycles. The van der Waals surface area contributed by atoms with Crippen LogP contribution in [0, 0.1) is 5.92 Å². The Kier molecular flexibility index (Phi) is 6.12. The number of nitrogens with one attached hydrogen (secondary N) is 1. The number of hydrogen-bond acceptors (Lipinski definition) is 2. The lowest BCUT2D eigenvalue weighted by Gasteiger charge is -2.14. The average molecular weight is 247 g/mol. The molecule has 0 aromatic heterocycles. The summed E-state index contributed by atoms with van der Waals surface area (Å²) in [5.74, 6) is 0.153. The molecule has 0 saturated heterocycles. The fourth-order valence-corrected chi connectivity index (χ4v) is 1.86. The summed E-state index contributed by atoms with van der Waals surface area (Å²) in [5, 5.41) is 2.90. The summed E-state index contributed by atoms with van der Waals surface area (Å²) < 4.78 is 0. The Morgan fingerprint density at radius 1 is 1.28 bits per heavy atom. The first-order valence-corrected chi connectivity index (χ1v) is 6.57. The van der Waals surface area contributed by atoms with Crippen molar-refractivity contribution >= 4 is 17.9 Å². The summed E-state index contributed by atoms with van der Waals surface area (Å²) >= 11 is 0. The largest absolute Gasteiger partial charge is 0.326 e. The van der Waals surface area contributed by atoms with Gasteiger partial charge in [-0.3, -0.25) is 9.59 Å². The number of carbonyl (C=O) groups excluding carboxylic acids is 2. The summed E-state index contributed by atoms with van der Waals surface area (Å²) in [4.78, 5) is 22.5. The third-order valence-electron chi connectivity index (χ3n) is 3.08. The number of hydrogen-bond donors (Lipinski definition) is 1. The second-order valence-corrected chi connectivity index (χ2v) is 4.48. The smallest absolute Gasteiger partial charge is 0.227 e. The van der Waals surface area contributed by atoms with Gasteiger partial charge in [0.1, 0.15) is 6.29 Å². The van der Waals surface area contributed by atoms with Crippen molar-refractivity contribution in [1.29, 1.82) is 0 Å². The fraction of sp³-hybridized carbons (Fsp3) is 0.467. The van der Waals surface area contributed by atoms with Gasteiger partial charge in [0, 0.05) is 17.2 Å². The third-order valence-corrected chi connectivity index (χ3v) is 3.08. The van der Waals surface area contributed by atoms with E-state index in [-0.39, 0.29) is 11.8 Å². The maximum Gasteiger partial charge on any atom is 0.227 e. The first-order valence-electron chi connectivity index (χ1n) is 6.57. The van der Waals surface area contributed by atoms with Crippen molar-refractivity contribution in [3.05, 3.63) is 29.8 Å². The van der Waals surface area contributed by atoms with Gasteiger partial charge >= 0.3 is 0 Å². The summed E-state index contributed by atoms with van der Waals surface area (Å²) in [6.07, 6.45) is 4.78. The Balaban J connectivity index is 2.58. The van der Waals surface area contributed by atoms with Crippen LogP contribution in [0.1, 0.15) is 49.9 Å². The van der Waals surface area contributed by atoms with Gasteiger partial charge in [0.25, 0.3) is 0 Å². The summed E-state index contributed by atoms with van der Waals surface area (Å²) in [6.45, 7) is 4.16. The predicted octanol–water partition coefficient (Wildman–Crippen LogP) is 3.65. The quantitative estimate of drug-likeness (QED) is 0.747. The number of benzene rings is 1. The lowest BCUT2D eigenvalue weighted by molar-refractivity contribution is -0.120. The van der Waals surface area contributed by atoms with Crippen LogP contribution >= 0.6 is 0 Å². The first-order chi connectivity index (χ1) is 8.71. The molecule has 1 aromatic rings. The number of aldehydes is 1. The number of anilines is 1. The van der Waals surface area contributed by atoms with Crippen molar-refractivity contribution in [2.75, 3.05) is 5.32 Å². The second kappa shape index (κ2) is 7.64. The van der Waals surface area contributed by atoms with Gasteiger partial charge in [0.15, 0.2) is 0 Å². The molecule has 1 unspecified atom stereocenters. The molecule has 18 heavy (non-hydrogen) atoms. The highest BCUT2D eigenvalue weighted by Crippen LogP contribution is 2.16. The highest BCUT2D eigenvalue weighted by Gasteiger charge is 2.15. The molecule has 0 aliphatic heterocycles. The monoisotopic (exact) mass is 247 g/mol. The van der Waals surface area contributed by atoms with E-state index in [9.17, 15) is 9.59 Å². The highest BCUT2D eigenvalue weighted by atomic mass is 16.1. The van der Waals surface area contributed by atoms with Crippen molar-refractivity contribution in [3.63, 3.8) is 0 Å². The zero-order valence-electron chi connectivity index (χ0n) is 11.1. The molecule has 3 heteroatoms. The van der Waals surface area contributed by atoms with Crippen molar-refractivity contribution in [1.82, 2.24) is 0 Å². The van der Waals surface area contributed by atoms with Gasteiger partial charge in [-0.15, -0.1) is 0 Å². The van der Waals surface area contributed by atoms with Crippen LogP contribution in [0.5, 0.6) is 0 Å². The predicted molar refractivity (Wildman–Crippen MR) is 73.8 cm³/mol. The Morgan fingerprint density at radius 3 is 2.44 bits per heavy atom. The van der Waals surface area contributed by atoms with Crippen LogP contribution in [0.15, 0.2) is 24.3 Å². The molecule has 98 valence electrons. The maximum atomic E-state index is 12.0. The summed E-state index contributed by atoms with van der Waals surface area (Å²) in [6, 6.07) is 6.92. The number of unbranched alkanes of at least 4 members (excludes halogenated alkanes) is 1. The summed E-state index contributed by atoms with van der Waals surface area (Å²) in [7, 11) is 0. The van der Waals surface area contributed by atoms with E-state index >= 15 is 0 Å². The van der Waals surface area contributed by atoms with Crippen LogP contribution in [-0.4, -0.2) is 12.2 Å². The Labute approximate surface area is 109 Å². The zero-order chi connectivity index (χ0) is 13.4. The molecule has 1 amide bonds. The Morgan fingerprint density at radius 2 is 1.94 bits per heavy atom. The van der Waals surface area contributed by atoms with E-state index in [1.165, 1.54) is 0 Å². The molecule has 1 rings (SSSR count). The molecule has 0 aliphatic rings. The van der Waals surface area contributed by atoms with Gasteiger partial charge in [-0.05, 0) is 37.1 Å². The van der Waals surface area contributed by atoms with Gasteiger partial charge in [0.05, 0.1) is 0 Å². The molecule has 1 atom stereocenters. The van der Waals surface area contributed by atoms with E-state index in [1.807, 2.05) is 6.92 Å². The minimum Gasteiger partial charge on any atom is -0.326 e. The molecule has 3 nitrogen and oxygen atoms in total. The molecule has 1 aromatic carbocycles. The van der Waals surface area contributed by atoms with Crippen LogP contribution < -0.4 is 5.32 Å². The van der Waals surface area contributed by atoms with Crippen LogP contribution in [-0.2, 0) is 4.79 Å². The van der Waals surface area contributed by atoms with Gasteiger partial charge in [-0.1, -0.05) is 26.7 Å². The van der Waals surface area contributed by atoms with E-state index in [2.05, 4.69) is 12.2 Å². The highest BCUT2D eigenvalue weighted by molar-refractivity contribution is 5.92. The van der Waals surface area contributed by atoms with E-state index in [4.69, 9.17) is 0 Å². The zero-order valence-corrected chi connectivity index (χ0v) is 11.1. The lowest BCUT2D eigenvalue weighted by Crippen LogP contribution is -2.22. The Bertz CT molecular complexity index is 384. The van der Waals surface area contributed by atoms with Crippen molar-refractivity contribution in [3.8, 4) is 0 Å². The normalized spacial score (nSPS) is 11.9. The molecule has 0 bridgehead atoms.